The molecule has 27 heavy (non-hydrogen) atoms. The summed E-state index contributed by atoms with van der Waals surface area (Å²) in [5.41, 5.74) is 4.00. The molecule has 0 aromatic carbocycles. The van der Waals surface area contributed by atoms with Crippen LogP contribution >= 0.6 is 0 Å². The second-order valence-electron chi connectivity index (χ2n) is 8.02. The zero-order valence-electron chi connectivity index (χ0n) is 17.7. The predicted octanol–water partition coefficient (Wildman–Crippen LogP) is 4.58. The first-order valence-electron chi connectivity index (χ1n) is 9.92. The third-order valence-corrected chi connectivity index (χ3v) is 5.42. The maximum Gasteiger partial charge on any atom is 0.229 e. The third-order valence-electron chi connectivity index (χ3n) is 5.42. The van der Waals surface area contributed by atoms with Crippen LogP contribution in [0.15, 0.2) is 34.9 Å². The molecule has 0 aliphatic heterocycles. The molecule has 0 aromatic rings. The maximum atomic E-state index is 12.1. The number of ketones is 2. The van der Waals surface area contributed by atoms with Gasteiger partial charge in [-0.25, -0.2) is 0 Å². The summed E-state index contributed by atoms with van der Waals surface area (Å²) in [7, 11) is 1.36. The first kappa shape index (κ1) is 23.5. The van der Waals surface area contributed by atoms with Gasteiger partial charge >= 0.3 is 0 Å². The average Bonchev–Trinajstić information content (AvgIpc) is 2.60. The van der Waals surface area contributed by atoms with Gasteiger partial charge in [0.05, 0.1) is 6.10 Å². The van der Waals surface area contributed by atoms with E-state index in [2.05, 4.69) is 45.9 Å². The molecule has 1 N–H and O–H groups in total. The maximum absolute atomic E-state index is 12.1. The lowest BCUT2D eigenvalue weighted by Gasteiger charge is -2.35. The van der Waals surface area contributed by atoms with Crippen LogP contribution in [-0.4, -0.2) is 36.0 Å². The van der Waals surface area contributed by atoms with Gasteiger partial charge in [-0.05, 0) is 59.8 Å². The van der Waals surface area contributed by atoms with E-state index in [0.29, 0.717) is 6.42 Å². The number of methoxy groups -OCH3 is 1. The highest BCUT2D eigenvalue weighted by molar-refractivity contribution is 6.40. The molecule has 1 fully saturated rings. The molecule has 0 amide bonds. The molecule has 4 nitrogen and oxygen atoms in total. The van der Waals surface area contributed by atoms with E-state index in [1.165, 1.54) is 23.8 Å². The summed E-state index contributed by atoms with van der Waals surface area (Å²) in [6, 6.07) is 0. The summed E-state index contributed by atoms with van der Waals surface area (Å²) in [6.45, 7) is 10.2. The topological polar surface area (TPSA) is 63.6 Å². The number of carbonyl (C=O) groups is 2. The van der Waals surface area contributed by atoms with Gasteiger partial charge in [-0.15, -0.1) is 0 Å². The molecule has 0 heterocycles. The van der Waals surface area contributed by atoms with Crippen molar-refractivity contribution < 1.29 is 19.4 Å². The minimum absolute atomic E-state index is 0.281. The molecule has 0 bridgehead atoms. The highest BCUT2D eigenvalue weighted by Gasteiger charge is 2.46. The van der Waals surface area contributed by atoms with E-state index in [-0.39, 0.29) is 5.92 Å². The summed E-state index contributed by atoms with van der Waals surface area (Å²) in [4.78, 5) is 24.0. The Hall–Kier alpha value is -1.52. The monoisotopic (exact) mass is 376 g/mol. The number of rotatable bonds is 9. The smallest absolute Gasteiger partial charge is 0.229 e. The zero-order chi connectivity index (χ0) is 20.6. The molecule has 1 rings (SSSR count). The molecule has 0 aromatic heterocycles. The third kappa shape index (κ3) is 7.19. The van der Waals surface area contributed by atoms with Gasteiger partial charge in [0.15, 0.2) is 0 Å². The lowest BCUT2D eigenvalue weighted by Crippen LogP contribution is -2.53. The number of ether oxygens (including phenoxy) is 1. The minimum Gasteiger partial charge on any atom is -0.390 e. The van der Waals surface area contributed by atoms with Gasteiger partial charge in [-0.1, -0.05) is 41.9 Å². The average molecular weight is 377 g/mol. The molecule has 4 heteroatoms. The van der Waals surface area contributed by atoms with Crippen LogP contribution in [0.2, 0.25) is 0 Å². The molecule has 1 aliphatic carbocycles. The van der Waals surface area contributed by atoms with Gasteiger partial charge in [-0.3, -0.25) is 9.59 Å². The first-order valence-corrected chi connectivity index (χ1v) is 9.92. The summed E-state index contributed by atoms with van der Waals surface area (Å²) in [6.07, 6.45) is 9.38. The van der Waals surface area contributed by atoms with Crippen LogP contribution in [0.25, 0.3) is 0 Å². The van der Waals surface area contributed by atoms with Crippen molar-refractivity contribution in [3.8, 4) is 0 Å². The number of hydrogen-bond donors (Lipinski definition) is 1. The van der Waals surface area contributed by atoms with Gasteiger partial charge in [0.2, 0.25) is 11.6 Å². The predicted molar refractivity (Wildman–Crippen MR) is 110 cm³/mol. The molecular weight excluding hydrogens is 340 g/mol. The quantitative estimate of drug-likeness (QED) is 0.473. The van der Waals surface area contributed by atoms with Gasteiger partial charge in [0, 0.05) is 18.9 Å². The van der Waals surface area contributed by atoms with Crippen molar-refractivity contribution in [2.75, 3.05) is 7.11 Å². The summed E-state index contributed by atoms with van der Waals surface area (Å²) >= 11 is 0. The Morgan fingerprint density at radius 1 is 0.963 bits per heavy atom. The SMILES string of the molecule is COC1C(=O)C(=O)C(C)C(C/C=C(\C)CCC=C(C)CCC=C(C)C)C1O. The number of carbonyl (C=O) groups excluding carboxylic acids is 2. The molecule has 1 saturated carbocycles. The zero-order valence-corrected chi connectivity index (χ0v) is 17.7. The van der Waals surface area contributed by atoms with Crippen LogP contribution in [-0.2, 0) is 14.3 Å². The van der Waals surface area contributed by atoms with Crippen LogP contribution in [0.5, 0.6) is 0 Å². The van der Waals surface area contributed by atoms with Crippen molar-refractivity contribution in [3.63, 3.8) is 0 Å². The van der Waals surface area contributed by atoms with Crippen LogP contribution in [0.1, 0.15) is 66.7 Å². The van der Waals surface area contributed by atoms with Gasteiger partial charge < -0.3 is 9.84 Å². The lowest BCUT2D eigenvalue weighted by molar-refractivity contribution is -0.160. The number of aliphatic hydroxyl groups excluding tert-OH is 1. The molecule has 4 unspecified atom stereocenters. The molecule has 0 radical (unpaired) electrons. The highest BCUT2D eigenvalue weighted by Crippen LogP contribution is 2.31. The summed E-state index contributed by atoms with van der Waals surface area (Å²) in [5.74, 6) is -1.79. The van der Waals surface area contributed by atoms with Crippen molar-refractivity contribution in [1.29, 1.82) is 0 Å². The number of allylic oxidation sites excluding steroid dienone is 6. The Labute approximate surface area is 164 Å². The number of aliphatic hydroxyl groups is 1. The molecule has 1 aliphatic rings. The number of hydrogen-bond acceptors (Lipinski definition) is 4. The lowest BCUT2D eigenvalue weighted by atomic mass is 9.73. The molecule has 4 atom stereocenters. The molecule has 0 spiro atoms. The minimum atomic E-state index is -1.03. The first-order chi connectivity index (χ1) is 12.7. The normalized spacial score (nSPS) is 27.1. The fraction of sp³-hybridized carbons (Fsp3) is 0.652. The Morgan fingerprint density at radius 2 is 1.52 bits per heavy atom. The van der Waals surface area contributed by atoms with Crippen molar-refractivity contribution in [1.82, 2.24) is 0 Å². The van der Waals surface area contributed by atoms with Crippen LogP contribution < -0.4 is 0 Å². The van der Waals surface area contributed by atoms with Crippen LogP contribution in [0.3, 0.4) is 0 Å². The van der Waals surface area contributed by atoms with Crippen molar-refractivity contribution in [2.24, 2.45) is 11.8 Å². The second kappa shape index (κ2) is 11.4. The van der Waals surface area contributed by atoms with Crippen molar-refractivity contribution >= 4 is 11.6 Å². The Kier molecular flexibility index (Phi) is 9.89. The Bertz CT molecular complexity index is 608. The van der Waals surface area contributed by atoms with Gasteiger partial charge in [0.25, 0.3) is 0 Å². The van der Waals surface area contributed by atoms with E-state index >= 15 is 0 Å². The van der Waals surface area contributed by atoms with Crippen LogP contribution in [0.4, 0.5) is 0 Å². The molecule has 152 valence electrons. The van der Waals surface area contributed by atoms with E-state index < -0.39 is 29.7 Å². The standard InChI is InChI=1S/C23H36O4/c1-15(2)9-7-10-16(3)11-8-12-17(4)13-14-19-18(5)20(24)22(26)23(27-6)21(19)25/h9,11,13,18-19,21,23,25H,7-8,10,12,14H2,1-6H3/b16-11?,17-13+. The van der Waals surface area contributed by atoms with Crippen molar-refractivity contribution in [2.45, 2.75) is 78.9 Å². The Balaban J connectivity index is 2.56. The van der Waals surface area contributed by atoms with E-state index in [4.69, 9.17) is 4.74 Å². The Morgan fingerprint density at radius 3 is 2.07 bits per heavy atom. The van der Waals surface area contributed by atoms with Crippen molar-refractivity contribution in [3.05, 3.63) is 34.9 Å². The fourth-order valence-electron chi connectivity index (χ4n) is 3.50. The van der Waals surface area contributed by atoms with E-state index in [1.807, 2.05) is 0 Å². The van der Waals surface area contributed by atoms with E-state index in [9.17, 15) is 14.7 Å². The number of Topliss-reactive ketones (excluding diaryl/α,β-unsaturated/α-hetero) is 2. The molecule has 0 saturated heterocycles. The second-order valence-corrected chi connectivity index (χ2v) is 8.02. The van der Waals surface area contributed by atoms with E-state index in [0.717, 1.165) is 25.7 Å². The summed E-state index contributed by atoms with van der Waals surface area (Å²) < 4.78 is 5.06. The highest BCUT2D eigenvalue weighted by atomic mass is 16.5. The van der Waals surface area contributed by atoms with Gasteiger partial charge in [-0.2, -0.15) is 0 Å². The molecular formula is C23H36O4. The van der Waals surface area contributed by atoms with E-state index in [1.54, 1.807) is 6.92 Å². The van der Waals surface area contributed by atoms with Gasteiger partial charge in [0.1, 0.15) is 6.10 Å². The fourth-order valence-corrected chi connectivity index (χ4v) is 3.50. The largest absolute Gasteiger partial charge is 0.390 e. The summed E-state index contributed by atoms with van der Waals surface area (Å²) in [5, 5.41) is 10.4. The van der Waals surface area contributed by atoms with Crippen LogP contribution in [0, 0.1) is 11.8 Å².